The van der Waals surface area contributed by atoms with Crippen LogP contribution in [0.15, 0.2) is 12.4 Å². The van der Waals surface area contributed by atoms with Crippen molar-refractivity contribution < 1.29 is 8.78 Å². The summed E-state index contributed by atoms with van der Waals surface area (Å²) in [5.74, 6) is -1.04. The van der Waals surface area contributed by atoms with Crippen molar-refractivity contribution in [2.24, 2.45) is 0 Å². The second kappa shape index (κ2) is 2.23. The standard InChI is InChI=1S/C7H5F2N3/c1-4-6(9)3-12-7(11-4)5(8)2-10-12/h2-3H,1H3. The maximum atomic E-state index is 12.8. The van der Waals surface area contributed by atoms with Gasteiger partial charge in [-0.3, -0.25) is 0 Å². The zero-order valence-corrected chi connectivity index (χ0v) is 6.25. The highest BCUT2D eigenvalue weighted by molar-refractivity contribution is 5.38. The average Bonchev–Trinajstić information content (AvgIpc) is 2.35. The molecule has 0 fully saturated rings. The van der Waals surface area contributed by atoms with E-state index < -0.39 is 11.6 Å². The van der Waals surface area contributed by atoms with Gasteiger partial charge in [-0.2, -0.15) is 5.10 Å². The number of fused-ring (bicyclic) bond motifs is 1. The number of aryl methyl sites for hydroxylation is 1. The predicted octanol–water partition coefficient (Wildman–Crippen LogP) is 1.32. The van der Waals surface area contributed by atoms with Crippen molar-refractivity contribution in [3.05, 3.63) is 29.7 Å². The molecule has 0 aromatic carbocycles. The first kappa shape index (κ1) is 7.15. The van der Waals surface area contributed by atoms with Crippen molar-refractivity contribution in [2.45, 2.75) is 6.92 Å². The molecule has 62 valence electrons. The molecule has 0 aliphatic carbocycles. The first-order valence-corrected chi connectivity index (χ1v) is 3.34. The molecule has 0 unspecified atom stereocenters. The molecule has 2 aromatic heterocycles. The summed E-state index contributed by atoms with van der Waals surface area (Å²) in [6, 6.07) is 0. The molecule has 0 atom stereocenters. The average molecular weight is 169 g/mol. The van der Waals surface area contributed by atoms with E-state index >= 15 is 0 Å². The fourth-order valence-corrected chi connectivity index (χ4v) is 0.947. The number of rotatable bonds is 0. The monoisotopic (exact) mass is 169 g/mol. The lowest BCUT2D eigenvalue weighted by Gasteiger charge is -1.95. The fraction of sp³-hybridized carbons (Fsp3) is 0.143. The minimum absolute atomic E-state index is 0.0499. The van der Waals surface area contributed by atoms with Gasteiger partial charge in [0, 0.05) is 0 Å². The molecule has 0 bridgehead atoms. The molecule has 0 N–H and O–H groups in total. The molecule has 3 nitrogen and oxygen atoms in total. The van der Waals surface area contributed by atoms with Gasteiger partial charge in [0.25, 0.3) is 0 Å². The molecule has 0 amide bonds. The summed E-state index contributed by atoms with van der Waals surface area (Å²) in [5.41, 5.74) is 0.218. The summed E-state index contributed by atoms with van der Waals surface area (Å²) in [7, 11) is 0. The van der Waals surface area contributed by atoms with Gasteiger partial charge in [-0.05, 0) is 6.92 Å². The van der Waals surface area contributed by atoms with Gasteiger partial charge < -0.3 is 0 Å². The lowest BCUT2D eigenvalue weighted by Crippen LogP contribution is -1.96. The highest BCUT2D eigenvalue weighted by Crippen LogP contribution is 2.08. The van der Waals surface area contributed by atoms with Crippen LogP contribution in [0.1, 0.15) is 5.69 Å². The van der Waals surface area contributed by atoms with Gasteiger partial charge in [0.1, 0.15) is 0 Å². The molecule has 0 saturated heterocycles. The van der Waals surface area contributed by atoms with E-state index in [1.54, 1.807) is 0 Å². The topological polar surface area (TPSA) is 30.2 Å². The molecule has 0 saturated carbocycles. The maximum absolute atomic E-state index is 12.8. The van der Waals surface area contributed by atoms with Crippen molar-refractivity contribution >= 4 is 5.65 Å². The van der Waals surface area contributed by atoms with Gasteiger partial charge >= 0.3 is 0 Å². The van der Waals surface area contributed by atoms with Crippen molar-refractivity contribution in [2.75, 3.05) is 0 Å². The quantitative estimate of drug-likeness (QED) is 0.595. The third-order valence-electron chi connectivity index (χ3n) is 1.58. The van der Waals surface area contributed by atoms with E-state index in [2.05, 4.69) is 10.1 Å². The fourth-order valence-electron chi connectivity index (χ4n) is 0.947. The van der Waals surface area contributed by atoms with E-state index in [1.807, 2.05) is 0 Å². The second-order valence-corrected chi connectivity index (χ2v) is 2.43. The van der Waals surface area contributed by atoms with Crippen LogP contribution >= 0.6 is 0 Å². The van der Waals surface area contributed by atoms with Gasteiger partial charge in [0.05, 0.1) is 18.1 Å². The lowest BCUT2D eigenvalue weighted by atomic mass is 10.4. The Morgan fingerprint density at radius 1 is 1.33 bits per heavy atom. The first-order valence-electron chi connectivity index (χ1n) is 3.34. The molecular weight excluding hydrogens is 164 g/mol. The molecule has 0 aliphatic heterocycles. The molecule has 0 radical (unpaired) electrons. The van der Waals surface area contributed by atoms with Crippen LogP contribution in [-0.4, -0.2) is 14.6 Å². The number of hydrogen-bond donors (Lipinski definition) is 0. The van der Waals surface area contributed by atoms with Gasteiger partial charge in [-0.15, -0.1) is 0 Å². The van der Waals surface area contributed by atoms with E-state index in [0.29, 0.717) is 0 Å². The summed E-state index contributed by atoms with van der Waals surface area (Å²) in [6.07, 6.45) is 2.10. The predicted molar refractivity (Wildman–Crippen MR) is 37.6 cm³/mol. The SMILES string of the molecule is Cc1nc2c(F)cnn2cc1F. The Labute approximate surface area is 66.7 Å². The minimum Gasteiger partial charge on any atom is -0.228 e. The second-order valence-electron chi connectivity index (χ2n) is 2.43. The Morgan fingerprint density at radius 2 is 2.08 bits per heavy atom. The Bertz CT molecular complexity index is 435. The highest BCUT2D eigenvalue weighted by Gasteiger charge is 2.07. The van der Waals surface area contributed by atoms with Crippen LogP contribution in [0.4, 0.5) is 8.78 Å². The molecule has 0 aliphatic rings. The van der Waals surface area contributed by atoms with Gasteiger partial charge in [-0.1, -0.05) is 0 Å². The Hall–Kier alpha value is -1.52. The van der Waals surface area contributed by atoms with Gasteiger partial charge in [-0.25, -0.2) is 18.3 Å². The highest BCUT2D eigenvalue weighted by atomic mass is 19.1. The van der Waals surface area contributed by atoms with Crippen LogP contribution in [0.25, 0.3) is 5.65 Å². The molecule has 2 aromatic rings. The summed E-state index contributed by atoms with van der Waals surface area (Å²) in [5, 5.41) is 3.56. The van der Waals surface area contributed by atoms with Crippen LogP contribution in [-0.2, 0) is 0 Å². The summed E-state index contributed by atoms with van der Waals surface area (Å²) in [4.78, 5) is 3.69. The molecule has 2 heterocycles. The van der Waals surface area contributed by atoms with E-state index in [0.717, 1.165) is 16.9 Å². The van der Waals surface area contributed by atoms with Crippen molar-refractivity contribution in [3.8, 4) is 0 Å². The summed E-state index contributed by atoms with van der Waals surface area (Å²) < 4.78 is 26.7. The smallest absolute Gasteiger partial charge is 0.191 e. The molecule has 2 rings (SSSR count). The van der Waals surface area contributed by atoms with Crippen molar-refractivity contribution in [1.82, 2.24) is 14.6 Å². The van der Waals surface area contributed by atoms with E-state index in [4.69, 9.17) is 0 Å². The lowest BCUT2D eigenvalue weighted by molar-refractivity contribution is 0.592. The van der Waals surface area contributed by atoms with E-state index in [-0.39, 0.29) is 11.3 Å². The minimum atomic E-state index is -0.543. The number of aromatic nitrogens is 3. The molecule has 0 spiro atoms. The normalized spacial score (nSPS) is 10.9. The third kappa shape index (κ3) is 0.861. The van der Waals surface area contributed by atoms with Crippen LogP contribution in [0.5, 0.6) is 0 Å². The van der Waals surface area contributed by atoms with Crippen molar-refractivity contribution in [3.63, 3.8) is 0 Å². The first-order chi connectivity index (χ1) is 5.68. The number of hydrogen-bond acceptors (Lipinski definition) is 2. The molecular formula is C7H5F2N3. The van der Waals surface area contributed by atoms with Crippen LogP contribution < -0.4 is 0 Å². The summed E-state index contributed by atoms with van der Waals surface area (Å²) in [6.45, 7) is 1.47. The van der Waals surface area contributed by atoms with Crippen LogP contribution in [0.3, 0.4) is 0 Å². The van der Waals surface area contributed by atoms with E-state index in [1.165, 1.54) is 6.92 Å². The largest absolute Gasteiger partial charge is 0.228 e. The Balaban J connectivity index is 2.87. The van der Waals surface area contributed by atoms with Crippen LogP contribution in [0.2, 0.25) is 0 Å². The van der Waals surface area contributed by atoms with Crippen LogP contribution in [0, 0.1) is 18.6 Å². The summed E-state index contributed by atoms with van der Waals surface area (Å²) >= 11 is 0. The zero-order chi connectivity index (χ0) is 8.72. The number of nitrogens with zero attached hydrogens (tertiary/aromatic N) is 3. The molecule has 5 heteroatoms. The Morgan fingerprint density at radius 3 is 2.83 bits per heavy atom. The van der Waals surface area contributed by atoms with Gasteiger partial charge in [0.15, 0.2) is 17.3 Å². The molecule has 12 heavy (non-hydrogen) atoms. The Kier molecular flexibility index (Phi) is 1.33. The van der Waals surface area contributed by atoms with Crippen molar-refractivity contribution in [1.29, 1.82) is 0 Å². The zero-order valence-electron chi connectivity index (χ0n) is 6.25. The third-order valence-corrected chi connectivity index (χ3v) is 1.58. The number of halogens is 2. The van der Waals surface area contributed by atoms with Gasteiger partial charge in [0.2, 0.25) is 0 Å². The van der Waals surface area contributed by atoms with E-state index in [9.17, 15) is 8.78 Å². The maximum Gasteiger partial charge on any atom is 0.191 e.